The van der Waals surface area contributed by atoms with Gasteiger partial charge in [0.1, 0.15) is 11.5 Å². The summed E-state index contributed by atoms with van der Waals surface area (Å²) in [4.78, 5) is 27.1. The molecular weight excluding hydrogens is 870 g/mol. The fourth-order valence-electron chi connectivity index (χ4n) is 5.65. The minimum atomic E-state index is -0.964. The monoisotopic (exact) mass is 918 g/mol. The van der Waals surface area contributed by atoms with E-state index in [1.807, 2.05) is 42.5 Å². The summed E-state index contributed by atoms with van der Waals surface area (Å²) in [5, 5.41) is 11.4. The van der Waals surface area contributed by atoms with Gasteiger partial charge in [0, 0.05) is 45.4 Å². The molecule has 0 aliphatic carbocycles. The van der Waals surface area contributed by atoms with Crippen LogP contribution in [0.5, 0.6) is 11.5 Å². The maximum Gasteiger partial charge on any atom is 0.341 e. The van der Waals surface area contributed by atoms with Gasteiger partial charge in [-0.25, -0.2) is 4.79 Å². The van der Waals surface area contributed by atoms with E-state index in [0.29, 0.717) is 11.8 Å². The number of amides is 1. The second-order valence-corrected chi connectivity index (χ2v) is 15.1. The molecule has 51 heavy (non-hydrogen) atoms. The number of ether oxygens (including phenoxy) is 2. The minimum Gasteiger partial charge on any atom is -0.484 e. The summed E-state index contributed by atoms with van der Waals surface area (Å²) >= 11 is 4.41. The molecule has 2 saturated heterocycles. The van der Waals surface area contributed by atoms with E-state index >= 15 is 0 Å². The van der Waals surface area contributed by atoms with Crippen LogP contribution in [-0.4, -0.2) is 78.3 Å². The van der Waals surface area contributed by atoms with Crippen LogP contribution in [0.4, 0.5) is 0 Å². The van der Waals surface area contributed by atoms with Gasteiger partial charge in [-0.2, -0.15) is 0 Å². The number of nitrogens with one attached hydrogen (secondary N) is 1. The number of piperidine rings is 2. The molecule has 2 heterocycles. The van der Waals surface area contributed by atoms with Crippen LogP contribution < -0.4 is 20.5 Å². The van der Waals surface area contributed by atoms with Gasteiger partial charge in [-0.1, -0.05) is 60.7 Å². The Balaban J connectivity index is 0.000000189. The zero-order valence-corrected chi connectivity index (χ0v) is 33.2. The van der Waals surface area contributed by atoms with Crippen molar-refractivity contribution in [1.29, 1.82) is 0 Å². The van der Waals surface area contributed by atoms with Crippen LogP contribution in [0, 0.1) is 7.14 Å². The normalized spacial score (nSPS) is 15.4. The number of nitrogens with zero attached hydrogens (tertiary/aromatic N) is 2. The zero-order chi connectivity index (χ0) is 36.3. The van der Waals surface area contributed by atoms with Crippen LogP contribution in [0.3, 0.4) is 0 Å². The molecular formula is C40H48I2N4O5. The summed E-state index contributed by atoms with van der Waals surface area (Å²) in [5.41, 5.74) is 8.61. The van der Waals surface area contributed by atoms with E-state index in [1.54, 1.807) is 12.1 Å². The van der Waals surface area contributed by atoms with Gasteiger partial charge in [0.15, 0.2) is 13.2 Å². The van der Waals surface area contributed by atoms with E-state index in [4.69, 9.17) is 20.3 Å². The smallest absolute Gasteiger partial charge is 0.341 e. The molecule has 4 aromatic carbocycles. The van der Waals surface area contributed by atoms with Gasteiger partial charge >= 0.3 is 5.97 Å². The first-order valence-electron chi connectivity index (χ1n) is 17.3. The summed E-state index contributed by atoms with van der Waals surface area (Å²) in [6, 6.07) is 36.8. The van der Waals surface area contributed by atoms with Crippen LogP contribution in [0.2, 0.25) is 0 Å². The number of rotatable bonds is 11. The lowest BCUT2D eigenvalue weighted by molar-refractivity contribution is -0.139. The fourth-order valence-corrected chi connectivity index (χ4v) is 6.37. The van der Waals surface area contributed by atoms with E-state index in [0.717, 1.165) is 77.8 Å². The highest BCUT2D eigenvalue weighted by Gasteiger charge is 2.21. The minimum absolute atomic E-state index is 0.0416. The standard InChI is InChI=1S/C20H23IN2O2.C12H18N2.C8H7IO3/c21-17-6-8-19(9-7-17)25-15-20(24)22-18-10-12-23(13-11-18)14-16-4-2-1-3-5-16;13-12-6-8-14(9-7-12)10-11-4-2-1-3-5-11;9-6-1-3-7(4-2-6)12-5-8(10)11/h1-9,18H,10-15H2,(H,22,24);1-5,12H,6-10,13H2;1-4H,5H2,(H,10,11). The highest BCUT2D eigenvalue weighted by Crippen LogP contribution is 2.16. The van der Waals surface area contributed by atoms with E-state index in [-0.39, 0.29) is 25.2 Å². The first-order valence-corrected chi connectivity index (χ1v) is 19.4. The lowest BCUT2D eigenvalue weighted by Gasteiger charge is -2.32. The molecule has 272 valence electrons. The molecule has 0 unspecified atom stereocenters. The van der Waals surface area contributed by atoms with Gasteiger partial charge in [0.05, 0.1) is 0 Å². The Bertz CT molecular complexity index is 1560. The van der Waals surface area contributed by atoms with Crippen molar-refractivity contribution in [1.82, 2.24) is 15.1 Å². The topological polar surface area (TPSA) is 117 Å². The molecule has 4 aromatic rings. The Morgan fingerprint density at radius 2 is 1.06 bits per heavy atom. The highest BCUT2D eigenvalue weighted by molar-refractivity contribution is 14.1. The lowest BCUT2D eigenvalue weighted by atomic mass is 10.0. The second-order valence-electron chi connectivity index (χ2n) is 12.6. The van der Waals surface area contributed by atoms with Crippen molar-refractivity contribution in [2.24, 2.45) is 5.73 Å². The third-order valence-corrected chi connectivity index (χ3v) is 9.88. The van der Waals surface area contributed by atoms with Crippen LogP contribution in [0.1, 0.15) is 36.8 Å². The van der Waals surface area contributed by atoms with Crippen molar-refractivity contribution < 1.29 is 24.2 Å². The number of carboxylic acid groups (broad SMARTS) is 1. The fraction of sp³-hybridized carbons (Fsp3) is 0.350. The third kappa shape index (κ3) is 16.8. The van der Waals surface area contributed by atoms with Gasteiger partial charge in [-0.05, 0) is 144 Å². The predicted molar refractivity (Wildman–Crippen MR) is 219 cm³/mol. The first kappa shape index (κ1) is 40.5. The number of carbonyl (C=O) groups excluding carboxylic acids is 1. The van der Waals surface area contributed by atoms with Gasteiger partial charge in [-0.15, -0.1) is 0 Å². The largest absolute Gasteiger partial charge is 0.484 e. The summed E-state index contributed by atoms with van der Waals surface area (Å²) in [7, 11) is 0. The van der Waals surface area contributed by atoms with E-state index in [1.165, 1.54) is 11.1 Å². The molecule has 2 aliphatic heterocycles. The molecule has 0 spiro atoms. The van der Waals surface area contributed by atoms with Gasteiger partial charge in [-0.3, -0.25) is 14.6 Å². The average molecular weight is 919 g/mol. The molecule has 11 heteroatoms. The molecule has 4 N–H and O–H groups in total. The number of carbonyl (C=O) groups is 2. The summed E-state index contributed by atoms with van der Waals surface area (Å²) in [5.74, 6) is 0.305. The zero-order valence-electron chi connectivity index (χ0n) is 28.8. The van der Waals surface area contributed by atoms with Crippen molar-refractivity contribution in [2.45, 2.75) is 50.9 Å². The van der Waals surface area contributed by atoms with E-state index in [9.17, 15) is 9.59 Å². The first-order chi connectivity index (χ1) is 24.7. The second kappa shape index (κ2) is 22.6. The number of aliphatic carboxylic acids is 1. The number of hydrogen-bond donors (Lipinski definition) is 3. The SMILES string of the molecule is NC1CCN(Cc2ccccc2)CC1.O=C(COc1ccc(I)cc1)NC1CCN(Cc2ccccc2)CC1.O=C(O)COc1ccc(I)cc1. The number of carboxylic acids is 1. The van der Waals surface area contributed by atoms with Crippen LogP contribution in [-0.2, 0) is 22.7 Å². The summed E-state index contributed by atoms with van der Waals surface area (Å²) < 4.78 is 12.7. The Morgan fingerprint density at radius 3 is 1.49 bits per heavy atom. The molecule has 0 bridgehead atoms. The number of hydrogen-bond acceptors (Lipinski definition) is 7. The van der Waals surface area contributed by atoms with Gasteiger partial charge < -0.3 is 25.6 Å². The number of nitrogens with two attached hydrogens (primary N) is 1. The maximum atomic E-state index is 12.1. The predicted octanol–water partition coefficient (Wildman–Crippen LogP) is 6.82. The van der Waals surface area contributed by atoms with Gasteiger partial charge in [0.2, 0.25) is 0 Å². The third-order valence-electron chi connectivity index (χ3n) is 8.44. The Hall–Kier alpha value is -3.24. The number of halogens is 2. The maximum absolute atomic E-state index is 12.1. The molecule has 0 radical (unpaired) electrons. The van der Waals surface area contributed by atoms with Crippen molar-refractivity contribution in [3.63, 3.8) is 0 Å². The molecule has 6 rings (SSSR count). The lowest BCUT2D eigenvalue weighted by Crippen LogP contribution is -2.45. The van der Waals surface area contributed by atoms with Crippen LogP contribution in [0.25, 0.3) is 0 Å². The van der Waals surface area contributed by atoms with Crippen molar-refractivity contribution in [3.05, 3.63) is 127 Å². The van der Waals surface area contributed by atoms with E-state index < -0.39 is 5.97 Å². The van der Waals surface area contributed by atoms with Crippen molar-refractivity contribution in [2.75, 3.05) is 39.4 Å². The number of likely N-dealkylation sites (tertiary alicyclic amines) is 2. The molecule has 0 atom stereocenters. The molecule has 0 saturated carbocycles. The number of benzene rings is 4. The molecule has 0 aromatic heterocycles. The van der Waals surface area contributed by atoms with Crippen molar-refractivity contribution in [3.8, 4) is 11.5 Å². The highest BCUT2D eigenvalue weighted by atomic mass is 127. The Morgan fingerprint density at radius 1 is 0.647 bits per heavy atom. The van der Waals surface area contributed by atoms with Crippen LogP contribution >= 0.6 is 45.2 Å². The molecule has 9 nitrogen and oxygen atoms in total. The Labute approximate surface area is 329 Å². The van der Waals surface area contributed by atoms with Crippen LogP contribution in [0.15, 0.2) is 109 Å². The molecule has 1 amide bonds. The van der Waals surface area contributed by atoms with Crippen molar-refractivity contribution >= 4 is 57.1 Å². The average Bonchev–Trinajstić information content (AvgIpc) is 3.14. The molecule has 2 aliphatic rings. The Kier molecular flexibility index (Phi) is 18.0. The van der Waals surface area contributed by atoms with Gasteiger partial charge in [0.25, 0.3) is 5.91 Å². The summed E-state index contributed by atoms with van der Waals surface area (Å²) in [6.07, 6.45) is 4.27. The van der Waals surface area contributed by atoms with E-state index in [2.05, 4.69) is 115 Å². The quantitative estimate of drug-likeness (QED) is 0.141. The summed E-state index contributed by atoms with van der Waals surface area (Å²) in [6.45, 7) is 6.16. The molecule has 2 fully saturated rings.